The third kappa shape index (κ3) is 4.51. The lowest BCUT2D eigenvalue weighted by Gasteiger charge is -2.35. The summed E-state index contributed by atoms with van der Waals surface area (Å²) in [7, 11) is 0. The molecule has 0 aromatic heterocycles. The van der Waals surface area contributed by atoms with Crippen LogP contribution in [0.1, 0.15) is 39.7 Å². The Balaban J connectivity index is 0.000000686. The van der Waals surface area contributed by atoms with Gasteiger partial charge < -0.3 is 0 Å². The lowest BCUT2D eigenvalue weighted by molar-refractivity contribution is 0.132. The van der Waals surface area contributed by atoms with Gasteiger partial charge in [-0.25, -0.2) is 0 Å². The molecule has 2 rings (SSSR count). The number of hydrogen-bond donors (Lipinski definition) is 0. The first-order valence-corrected chi connectivity index (χ1v) is 7.02. The van der Waals surface area contributed by atoms with Gasteiger partial charge in [-0.1, -0.05) is 58.0 Å². The Labute approximate surface area is 107 Å². The maximum atomic E-state index is 2.58. The monoisotopic (exact) mass is 233 g/mol. The van der Waals surface area contributed by atoms with Crippen LogP contribution in [-0.2, 0) is 6.54 Å². The number of rotatable bonds is 2. The summed E-state index contributed by atoms with van der Waals surface area (Å²) < 4.78 is 0. The predicted octanol–water partition coefficient (Wildman–Crippen LogP) is 4.19. The van der Waals surface area contributed by atoms with Gasteiger partial charge in [-0.15, -0.1) is 0 Å². The summed E-state index contributed by atoms with van der Waals surface area (Å²) >= 11 is 0. The van der Waals surface area contributed by atoms with Crippen LogP contribution in [-0.4, -0.2) is 18.0 Å². The fourth-order valence-corrected chi connectivity index (χ4v) is 2.33. The summed E-state index contributed by atoms with van der Waals surface area (Å²) in [6, 6.07) is 10.8. The van der Waals surface area contributed by atoms with E-state index in [-0.39, 0.29) is 0 Å². The van der Waals surface area contributed by atoms with E-state index in [0.29, 0.717) is 0 Å². The molecular weight excluding hydrogens is 206 g/mol. The summed E-state index contributed by atoms with van der Waals surface area (Å²) in [6.07, 6.45) is 1.36. The van der Waals surface area contributed by atoms with Gasteiger partial charge in [0.05, 0.1) is 0 Å². The van der Waals surface area contributed by atoms with Crippen LogP contribution >= 0.6 is 0 Å². The topological polar surface area (TPSA) is 3.24 Å². The van der Waals surface area contributed by atoms with Gasteiger partial charge in [0.25, 0.3) is 0 Å². The molecule has 17 heavy (non-hydrogen) atoms. The highest BCUT2D eigenvalue weighted by Crippen LogP contribution is 2.23. The van der Waals surface area contributed by atoms with Crippen LogP contribution in [0.15, 0.2) is 30.3 Å². The fourth-order valence-electron chi connectivity index (χ4n) is 2.33. The first-order valence-electron chi connectivity index (χ1n) is 7.02. The van der Waals surface area contributed by atoms with E-state index in [4.69, 9.17) is 0 Å². The molecule has 96 valence electrons. The molecule has 1 aromatic carbocycles. The standard InChI is InChI=1S/C14H21N.C2H6/c1-12-8-9-15(10-13(12)2)11-14-6-4-3-5-7-14;1-2/h3-7,12-13H,8-11H2,1-2H3;1-2H3. The Morgan fingerprint density at radius 3 is 2.29 bits per heavy atom. The molecule has 0 radical (unpaired) electrons. The van der Waals surface area contributed by atoms with Crippen LogP contribution in [0.3, 0.4) is 0 Å². The molecule has 0 bridgehead atoms. The normalized spacial score (nSPS) is 24.9. The second-order valence-electron chi connectivity index (χ2n) is 4.96. The van der Waals surface area contributed by atoms with Gasteiger partial charge in [-0.3, -0.25) is 4.90 Å². The molecule has 2 atom stereocenters. The van der Waals surface area contributed by atoms with E-state index in [2.05, 4.69) is 49.1 Å². The Morgan fingerprint density at radius 1 is 1.06 bits per heavy atom. The Morgan fingerprint density at radius 2 is 1.71 bits per heavy atom. The SMILES string of the molecule is CC.CC1CCN(Cc2ccccc2)CC1C. The zero-order chi connectivity index (χ0) is 12.7. The summed E-state index contributed by atoms with van der Waals surface area (Å²) in [5, 5.41) is 0. The van der Waals surface area contributed by atoms with Gasteiger partial charge in [0.15, 0.2) is 0 Å². The van der Waals surface area contributed by atoms with Gasteiger partial charge in [0.2, 0.25) is 0 Å². The van der Waals surface area contributed by atoms with Crippen molar-refractivity contribution >= 4 is 0 Å². The third-order valence-corrected chi connectivity index (χ3v) is 3.67. The molecule has 0 spiro atoms. The average Bonchev–Trinajstić information content (AvgIpc) is 2.38. The first kappa shape index (κ1) is 14.2. The van der Waals surface area contributed by atoms with Crippen LogP contribution in [0.2, 0.25) is 0 Å². The summed E-state index contributed by atoms with van der Waals surface area (Å²) in [5.74, 6) is 1.75. The van der Waals surface area contributed by atoms with Crippen molar-refractivity contribution in [1.29, 1.82) is 0 Å². The zero-order valence-electron chi connectivity index (χ0n) is 11.8. The van der Waals surface area contributed by atoms with Crippen molar-refractivity contribution in [2.45, 2.75) is 40.7 Å². The minimum atomic E-state index is 0.850. The molecule has 1 heterocycles. The van der Waals surface area contributed by atoms with Crippen molar-refractivity contribution in [3.8, 4) is 0 Å². The second kappa shape index (κ2) is 7.50. The zero-order valence-corrected chi connectivity index (χ0v) is 11.8. The quantitative estimate of drug-likeness (QED) is 0.740. The Bertz CT molecular complexity index is 294. The van der Waals surface area contributed by atoms with Crippen molar-refractivity contribution in [2.75, 3.05) is 13.1 Å². The van der Waals surface area contributed by atoms with Crippen LogP contribution in [0.5, 0.6) is 0 Å². The van der Waals surface area contributed by atoms with E-state index in [9.17, 15) is 0 Å². The van der Waals surface area contributed by atoms with Crippen molar-refractivity contribution in [1.82, 2.24) is 4.90 Å². The second-order valence-corrected chi connectivity index (χ2v) is 4.96. The third-order valence-electron chi connectivity index (χ3n) is 3.67. The first-order chi connectivity index (χ1) is 8.25. The number of piperidine rings is 1. The molecule has 0 saturated carbocycles. The minimum absolute atomic E-state index is 0.850. The molecule has 2 unspecified atom stereocenters. The van der Waals surface area contributed by atoms with Crippen LogP contribution in [0.25, 0.3) is 0 Å². The Hall–Kier alpha value is -0.820. The van der Waals surface area contributed by atoms with Gasteiger partial charge in [0, 0.05) is 13.1 Å². The highest BCUT2D eigenvalue weighted by Gasteiger charge is 2.22. The maximum absolute atomic E-state index is 2.58. The average molecular weight is 233 g/mol. The molecule has 0 aliphatic carbocycles. The molecule has 1 aliphatic heterocycles. The summed E-state index contributed by atoms with van der Waals surface area (Å²) in [4.78, 5) is 2.58. The van der Waals surface area contributed by atoms with E-state index in [1.54, 1.807) is 0 Å². The van der Waals surface area contributed by atoms with Gasteiger partial charge in [0.1, 0.15) is 0 Å². The smallest absolute Gasteiger partial charge is 0.0233 e. The molecule has 1 heteroatoms. The Kier molecular flexibility index (Phi) is 6.28. The van der Waals surface area contributed by atoms with E-state index in [0.717, 1.165) is 18.4 Å². The van der Waals surface area contributed by atoms with Crippen molar-refractivity contribution in [3.05, 3.63) is 35.9 Å². The molecule has 1 fully saturated rings. The lowest BCUT2D eigenvalue weighted by Crippen LogP contribution is -2.37. The van der Waals surface area contributed by atoms with E-state index in [1.165, 1.54) is 25.1 Å². The van der Waals surface area contributed by atoms with Crippen molar-refractivity contribution in [2.24, 2.45) is 11.8 Å². The molecule has 1 saturated heterocycles. The number of hydrogen-bond acceptors (Lipinski definition) is 1. The highest BCUT2D eigenvalue weighted by atomic mass is 15.1. The lowest BCUT2D eigenvalue weighted by atomic mass is 9.88. The predicted molar refractivity (Wildman–Crippen MR) is 76.0 cm³/mol. The van der Waals surface area contributed by atoms with E-state index in [1.807, 2.05) is 13.8 Å². The maximum Gasteiger partial charge on any atom is 0.0233 e. The van der Waals surface area contributed by atoms with Crippen molar-refractivity contribution in [3.63, 3.8) is 0 Å². The van der Waals surface area contributed by atoms with Gasteiger partial charge >= 0.3 is 0 Å². The number of benzene rings is 1. The summed E-state index contributed by atoms with van der Waals surface area (Å²) in [6.45, 7) is 12.4. The molecule has 0 N–H and O–H groups in total. The van der Waals surface area contributed by atoms with E-state index < -0.39 is 0 Å². The van der Waals surface area contributed by atoms with Crippen LogP contribution < -0.4 is 0 Å². The molecule has 1 aromatic rings. The number of likely N-dealkylation sites (tertiary alicyclic amines) is 1. The summed E-state index contributed by atoms with van der Waals surface area (Å²) in [5.41, 5.74) is 1.44. The van der Waals surface area contributed by atoms with E-state index >= 15 is 0 Å². The highest BCUT2D eigenvalue weighted by molar-refractivity contribution is 5.14. The number of nitrogens with zero attached hydrogens (tertiary/aromatic N) is 1. The van der Waals surface area contributed by atoms with Gasteiger partial charge in [-0.2, -0.15) is 0 Å². The molecule has 1 nitrogen and oxygen atoms in total. The minimum Gasteiger partial charge on any atom is -0.299 e. The largest absolute Gasteiger partial charge is 0.299 e. The molecular formula is C16H27N. The van der Waals surface area contributed by atoms with Crippen LogP contribution in [0, 0.1) is 11.8 Å². The molecule has 1 aliphatic rings. The van der Waals surface area contributed by atoms with Crippen molar-refractivity contribution < 1.29 is 0 Å². The van der Waals surface area contributed by atoms with Crippen LogP contribution in [0.4, 0.5) is 0 Å². The fraction of sp³-hybridized carbons (Fsp3) is 0.625. The van der Waals surface area contributed by atoms with Gasteiger partial charge in [-0.05, 0) is 30.4 Å². The molecule has 0 amide bonds.